The number of ether oxygens (including phenoxy) is 2. The minimum Gasteiger partial charge on any atom is -0.376 e. The van der Waals surface area contributed by atoms with Gasteiger partial charge in [-0.25, -0.2) is 0 Å². The number of nitrogens with one attached hydrogen (secondary N) is 1. The van der Waals surface area contributed by atoms with Crippen molar-refractivity contribution < 1.29 is 9.47 Å². The molecule has 0 aromatic heterocycles. The van der Waals surface area contributed by atoms with E-state index in [0.717, 1.165) is 64.1 Å². The van der Waals surface area contributed by atoms with E-state index in [2.05, 4.69) is 27.0 Å². The normalized spacial score (nSPS) is 27.0. The van der Waals surface area contributed by atoms with Crippen LogP contribution in [0.25, 0.3) is 0 Å². The van der Waals surface area contributed by atoms with Gasteiger partial charge in [-0.2, -0.15) is 0 Å². The van der Waals surface area contributed by atoms with Crippen LogP contribution in [-0.2, 0) is 9.47 Å². The number of aliphatic imine (C=N–C) groups is 1. The molecule has 0 amide bonds. The summed E-state index contributed by atoms with van der Waals surface area (Å²) in [5, 5.41) is 3.58. The van der Waals surface area contributed by atoms with Gasteiger partial charge in [0, 0.05) is 39.3 Å². The van der Waals surface area contributed by atoms with Crippen LogP contribution >= 0.6 is 24.0 Å². The lowest BCUT2D eigenvalue weighted by molar-refractivity contribution is -0.0721. The first-order valence-corrected chi connectivity index (χ1v) is 12.2. The number of hydrogen-bond acceptors (Lipinski definition) is 4. The Morgan fingerprint density at radius 3 is 2.53 bits per heavy atom. The van der Waals surface area contributed by atoms with E-state index in [-0.39, 0.29) is 24.0 Å². The quantitative estimate of drug-likeness (QED) is 0.221. The number of unbranched alkanes of at least 4 members (excludes halogenated alkanes) is 1. The van der Waals surface area contributed by atoms with E-state index in [1.54, 1.807) is 0 Å². The molecule has 0 spiro atoms. The maximum atomic E-state index is 6.15. The van der Waals surface area contributed by atoms with Crippen molar-refractivity contribution in [3.8, 4) is 0 Å². The fourth-order valence-electron chi connectivity index (χ4n) is 4.88. The van der Waals surface area contributed by atoms with Gasteiger partial charge in [0.25, 0.3) is 0 Å². The Morgan fingerprint density at radius 1 is 1.03 bits per heavy atom. The van der Waals surface area contributed by atoms with Crippen LogP contribution < -0.4 is 5.32 Å². The highest BCUT2D eigenvalue weighted by atomic mass is 127. The smallest absolute Gasteiger partial charge is 0.193 e. The summed E-state index contributed by atoms with van der Waals surface area (Å²) >= 11 is 0. The van der Waals surface area contributed by atoms with E-state index in [1.165, 1.54) is 58.0 Å². The summed E-state index contributed by atoms with van der Waals surface area (Å²) in [6.07, 6.45) is 13.2. The van der Waals surface area contributed by atoms with Crippen LogP contribution in [0.3, 0.4) is 0 Å². The summed E-state index contributed by atoms with van der Waals surface area (Å²) in [6.45, 7) is 9.68. The molecule has 0 aromatic carbocycles. The summed E-state index contributed by atoms with van der Waals surface area (Å²) in [5.41, 5.74) is 0. The van der Waals surface area contributed by atoms with Crippen LogP contribution in [0, 0.1) is 0 Å². The van der Waals surface area contributed by atoms with Crippen molar-refractivity contribution in [1.82, 2.24) is 15.1 Å². The van der Waals surface area contributed by atoms with Crippen LogP contribution in [0.4, 0.5) is 0 Å². The monoisotopic (exact) mass is 536 g/mol. The first-order chi connectivity index (χ1) is 14.3. The topological polar surface area (TPSA) is 49.3 Å². The first-order valence-electron chi connectivity index (χ1n) is 12.2. The van der Waals surface area contributed by atoms with Gasteiger partial charge in [-0.3, -0.25) is 4.99 Å². The molecule has 3 saturated heterocycles. The number of rotatable bonds is 8. The van der Waals surface area contributed by atoms with Crippen LogP contribution in [-0.4, -0.2) is 87.0 Å². The highest BCUT2D eigenvalue weighted by Gasteiger charge is 2.23. The van der Waals surface area contributed by atoms with Gasteiger partial charge >= 0.3 is 0 Å². The average Bonchev–Trinajstić information content (AvgIpc) is 2.77. The largest absolute Gasteiger partial charge is 0.376 e. The molecule has 0 aliphatic carbocycles. The number of hydrogen-bond donors (Lipinski definition) is 1. The Labute approximate surface area is 201 Å². The SMILES string of the molecule is CN=C(NCCCCN1CCCCC1C)N1CCC(OCC2CCCCO2)CC1.I. The number of halogens is 1. The molecule has 7 heteroatoms. The van der Waals surface area contributed by atoms with Gasteiger partial charge in [-0.1, -0.05) is 6.42 Å². The number of piperidine rings is 2. The van der Waals surface area contributed by atoms with Crippen molar-refractivity contribution in [3.63, 3.8) is 0 Å². The Bertz CT molecular complexity index is 480. The molecule has 6 nitrogen and oxygen atoms in total. The summed E-state index contributed by atoms with van der Waals surface area (Å²) in [4.78, 5) is 9.58. The van der Waals surface area contributed by atoms with Crippen LogP contribution in [0.5, 0.6) is 0 Å². The van der Waals surface area contributed by atoms with E-state index < -0.39 is 0 Å². The van der Waals surface area contributed by atoms with Crippen molar-refractivity contribution >= 4 is 29.9 Å². The molecular weight excluding hydrogens is 491 g/mol. The molecule has 3 heterocycles. The van der Waals surface area contributed by atoms with E-state index in [9.17, 15) is 0 Å². The van der Waals surface area contributed by atoms with Crippen molar-refractivity contribution in [3.05, 3.63) is 0 Å². The molecule has 0 bridgehead atoms. The second kappa shape index (κ2) is 14.9. The molecule has 3 aliphatic rings. The van der Waals surface area contributed by atoms with Crippen LogP contribution in [0.1, 0.15) is 71.1 Å². The molecule has 0 aromatic rings. The molecule has 30 heavy (non-hydrogen) atoms. The van der Waals surface area contributed by atoms with E-state index >= 15 is 0 Å². The van der Waals surface area contributed by atoms with E-state index in [4.69, 9.17) is 9.47 Å². The second-order valence-corrected chi connectivity index (χ2v) is 9.07. The fraction of sp³-hybridized carbons (Fsp3) is 0.957. The maximum absolute atomic E-state index is 6.15. The predicted molar refractivity (Wildman–Crippen MR) is 135 cm³/mol. The number of likely N-dealkylation sites (tertiary alicyclic amines) is 2. The van der Waals surface area contributed by atoms with Gasteiger partial charge in [-0.15, -0.1) is 24.0 Å². The molecular formula is C23H45IN4O2. The van der Waals surface area contributed by atoms with Crippen molar-refractivity contribution in [2.75, 3.05) is 53.0 Å². The Balaban J connectivity index is 0.00000320. The molecule has 3 aliphatic heterocycles. The Morgan fingerprint density at radius 2 is 1.83 bits per heavy atom. The minimum absolute atomic E-state index is 0. The molecule has 1 N–H and O–H groups in total. The van der Waals surface area contributed by atoms with Crippen molar-refractivity contribution in [1.29, 1.82) is 0 Å². The summed E-state index contributed by atoms with van der Waals surface area (Å²) < 4.78 is 11.9. The third-order valence-corrected chi connectivity index (χ3v) is 6.84. The van der Waals surface area contributed by atoms with Crippen LogP contribution in [0.15, 0.2) is 4.99 Å². The molecule has 3 rings (SSSR count). The van der Waals surface area contributed by atoms with Gasteiger partial charge < -0.3 is 24.6 Å². The van der Waals surface area contributed by atoms with Gasteiger partial charge in [0.1, 0.15) is 0 Å². The Hall–Kier alpha value is -0.120. The van der Waals surface area contributed by atoms with Gasteiger partial charge in [0.05, 0.1) is 18.8 Å². The molecule has 3 fully saturated rings. The maximum Gasteiger partial charge on any atom is 0.193 e. The van der Waals surface area contributed by atoms with E-state index in [1.807, 2.05) is 7.05 Å². The lowest BCUT2D eigenvalue weighted by Gasteiger charge is -2.35. The third-order valence-electron chi connectivity index (χ3n) is 6.84. The number of guanidine groups is 1. The summed E-state index contributed by atoms with van der Waals surface area (Å²) in [5.74, 6) is 1.06. The van der Waals surface area contributed by atoms with Gasteiger partial charge in [0.2, 0.25) is 0 Å². The fourth-order valence-corrected chi connectivity index (χ4v) is 4.88. The van der Waals surface area contributed by atoms with Crippen LogP contribution in [0.2, 0.25) is 0 Å². The highest BCUT2D eigenvalue weighted by molar-refractivity contribution is 14.0. The lowest BCUT2D eigenvalue weighted by atomic mass is 10.0. The number of nitrogens with zero attached hydrogens (tertiary/aromatic N) is 3. The van der Waals surface area contributed by atoms with Crippen molar-refractivity contribution in [2.45, 2.75) is 89.4 Å². The van der Waals surface area contributed by atoms with Crippen molar-refractivity contribution in [2.24, 2.45) is 4.99 Å². The molecule has 2 atom stereocenters. The third kappa shape index (κ3) is 8.79. The highest BCUT2D eigenvalue weighted by Crippen LogP contribution is 2.18. The standard InChI is InChI=1S/C23H44N4O2.HI/c1-20-9-3-6-14-26(20)15-7-5-13-25-23(24-2)27-16-11-21(12-17-27)29-19-22-10-4-8-18-28-22;/h20-22H,3-19H2,1-2H3,(H,24,25);1H. The first kappa shape index (κ1) is 26.1. The average molecular weight is 537 g/mol. The summed E-state index contributed by atoms with van der Waals surface area (Å²) in [6, 6.07) is 0.776. The Kier molecular flexibility index (Phi) is 12.9. The zero-order chi connectivity index (χ0) is 20.3. The molecule has 0 saturated carbocycles. The molecule has 2 unspecified atom stereocenters. The lowest BCUT2D eigenvalue weighted by Crippen LogP contribution is -2.47. The van der Waals surface area contributed by atoms with E-state index in [0.29, 0.717) is 12.2 Å². The predicted octanol–water partition coefficient (Wildman–Crippen LogP) is 3.88. The minimum atomic E-state index is 0. The molecule has 176 valence electrons. The van der Waals surface area contributed by atoms with Gasteiger partial charge in [-0.05, 0) is 77.8 Å². The van der Waals surface area contributed by atoms with Gasteiger partial charge in [0.15, 0.2) is 5.96 Å². The summed E-state index contributed by atoms with van der Waals surface area (Å²) in [7, 11) is 1.90. The molecule has 0 radical (unpaired) electrons. The second-order valence-electron chi connectivity index (χ2n) is 9.07. The zero-order valence-electron chi connectivity index (χ0n) is 19.3. The zero-order valence-corrected chi connectivity index (χ0v) is 21.6.